The Labute approximate surface area is 155 Å². The normalized spacial score (nSPS) is 23.3. The number of Topliss-reactive ketones (excluding diaryl/α,β-unsaturated/α-hetero) is 1. The molecule has 2 aliphatic rings. The quantitative estimate of drug-likeness (QED) is 0.721. The molecule has 0 aliphatic carbocycles. The Morgan fingerprint density at radius 3 is 2.35 bits per heavy atom. The second kappa shape index (κ2) is 7.88. The summed E-state index contributed by atoms with van der Waals surface area (Å²) in [5, 5.41) is 0. The lowest BCUT2D eigenvalue weighted by atomic mass is 9.89. The van der Waals surface area contributed by atoms with Crippen LogP contribution in [0.25, 0.3) is 0 Å². The third kappa shape index (κ3) is 4.51. The summed E-state index contributed by atoms with van der Waals surface area (Å²) in [6, 6.07) is 9.23. The van der Waals surface area contributed by atoms with Crippen molar-refractivity contribution in [2.75, 3.05) is 38.2 Å². The average Bonchev–Trinajstić information content (AvgIpc) is 3.02. The number of likely N-dealkylation sites (N-methyl/N-ethyl adjacent to an activating group) is 1. The number of rotatable bonds is 5. The summed E-state index contributed by atoms with van der Waals surface area (Å²) in [4.78, 5) is 28.7. The van der Waals surface area contributed by atoms with Gasteiger partial charge < -0.3 is 4.90 Å². The van der Waals surface area contributed by atoms with Gasteiger partial charge in [0.25, 0.3) is 0 Å². The minimum absolute atomic E-state index is 0.0161. The van der Waals surface area contributed by atoms with E-state index in [1.165, 1.54) is 0 Å². The monoisotopic (exact) mass is 378 g/mol. The molecular formula is C19H26N2O4S. The maximum absolute atomic E-state index is 12.5. The highest BCUT2D eigenvalue weighted by atomic mass is 32.2. The highest BCUT2D eigenvalue weighted by Gasteiger charge is 2.33. The average molecular weight is 378 g/mol. The number of ketones is 1. The molecule has 7 heteroatoms. The van der Waals surface area contributed by atoms with E-state index in [1.54, 1.807) is 4.90 Å². The lowest BCUT2D eigenvalue weighted by Crippen LogP contribution is -2.46. The number of piperidine rings is 1. The highest BCUT2D eigenvalue weighted by molar-refractivity contribution is 7.91. The summed E-state index contributed by atoms with van der Waals surface area (Å²) >= 11 is 0. The largest absolute Gasteiger partial charge is 0.342 e. The molecule has 6 nitrogen and oxygen atoms in total. The van der Waals surface area contributed by atoms with E-state index >= 15 is 0 Å². The van der Waals surface area contributed by atoms with Crippen molar-refractivity contribution in [2.24, 2.45) is 5.92 Å². The Morgan fingerprint density at radius 1 is 1.12 bits per heavy atom. The van der Waals surface area contributed by atoms with Crippen LogP contribution in [0.1, 0.15) is 29.6 Å². The molecule has 2 heterocycles. The molecule has 0 bridgehead atoms. The second-order valence-corrected chi connectivity index (χ2v) is 9.59. The summed E-state index contributed by atoms with van der Waals surface area (Å²) in [7, 11) is -1.13. The number of hydrogen-bond acceptors (Lipinski definition) is 5. The molecule has 1 aromatic rings. The van der Waals surface area contributed by atoms with Crippen LogP contribution < -0.4 is 0 Å². The van der Waals surface area contributed by atoms with Gasteiger partial charge in [-0.25, -0.2) is 8.42 Å². The molecule has 0 aromatic heterocycles. The van der Waals surface area contributed by atoms with Crippen LogP contribution in [0.4, 0.5) is 0 Å². The first kappa shape index (κ1) is 19.0. The Hall–Kier alpha value is -1.73. The van der Waals surface area contributed by atoms with Crippen molar-refractivity contribution in [3.63, 3.8) is 0 Å². The van der Waals surface area contributed by atoms with Gasteiger partial charge in [-0.05, 0) is 26.3 Å². The summed E-state index contributed by atoms with van der Waals surface area (Å²) in [5.41, 5.74) is 0.736. The minimum Gasteiger partial charge on any atom is -0.342 e. The van der Waals surface area contributed by atoms with Gasteiger partial charge in [0.05, 0.1) is 18.1 Å². The fraction of sp³-hybridized carbons (Fsp3) is 0.579. The molecular weight excluding hydrogens is 352 g/mol. The van der Waals surface area contributed by atoms with Crippen LogP contribution in [0.15, 0.2) is 30.3 Å². The zero-order chi connectivity index (χ0) is 18.7. The number of carbonyl (C=O) groups excluding carboxylic acids is 2. The molecule has 1 amide bonds. The molecule has 0 radical (unpaired) electrons. The van der Waals surface area contributed by atoms with Crippen LogP contribution in [0.5, 0.6) is 0 Å². The zero-order valence-corrected chi connectivity index (χ0v) is 16.0. The number of likely N-dealkylation sites (tertiary alicyclic amines) is 1. The van der Waals surface area contributed by atoms with E-state index in [-0.39, 0.29) is 41.7 Å². The van der Waals surface area contributed by atoms with Crippen molar-refractivity contribution in [3.05, 3.63) is 35.9 Å². The van der Waals surface area contributed by atoms with Crippen LogP contribution in [-0.4, -0.2) is 74.1 Å². The molecule has 142 valence electrons. The van der Waals surface area contributed by atoms with Gasteiger partial charge in [0, 0.05) is 30.6 Å². The van der Waals surface area contributed by atoms with E-state index in [9.17, 15) is 18.0 Å². The van der Waals surface area contributed by atoms with Gasteiger partial charge in [0.2, 0.25) is 5.91 Å². The van der Waals surface area contributed by atoms with E-state index in [0.29, 0.717) is 32.4 Å². The van der Waals surface area contributed by atoms with Crippen LogP contribution in [0, 0.1) is 5.92 Å². The molecule has 2 saturated heterocycles. The molecule has 1 unspecified atom stereocenters. The van der Waals surface area contributed by atoms with Crippen molar-refractivity contribution >= 4 is 21.5 Å². The predicted molar refractivity (Wildman–Crippen MR) is 99.8 cm³/mol. The first-order valence-corrected chi connectivity index (χ1v) is 11.0. The van der Waals surface area contributed by atoms with Crippen LogP contribution in [-0.2, 0) is 14.6 Å². The van der Waals surface area contributed by atoms with Gasteiger partial charge in [-0.15, -0.1) is 0 Å². The summed E-state index contributed by atoms with van der Waals surface area (Å²) in [5.74, 6) is 0.501. The van der Waals surface area contributed by atoms with E-state index in [0.717, 1.165) is 5.56 Å². The third-order valence-corrected chi connectivity index (χ3v) is 7.24. The zero-order valence-electron chi connectivity index (χ0n) is 15.1. The fourth-order valence-corrected chi connectivity index (χ4v) is 5.60. The maximum atomic E-state index is 12.5. The summed E-state index contributed by atoms with van der Waals surface area (Å²) in [6.45, 7) is 1.40. The molecule has 0 N–H and O–H groups in total. The molecule has 26 heavy (non-hydrogen) atoms. The number of carbonyl (C=O) groups is 2. The molecule has 0 saturated carbocycles. The van der Waals surface area contributed by atoms with Crippen LogP contribution in [0.3, 0.4) is 0 Å². The molecule has 1 aromatic carbocycles. The maximum Gasteiger partial charge on any atom is 0.236 e. The Balaban J connectivity index is 1.48. The first-order chi connectivity index (χ1) is 12.4. The van der Waals surface area contributed by atoms with E-state index < -0.39 is 9.84 Å². The van der Waals surface area contributed by atoms with Gasteiger partial charge in [-0.1, -0.05) is 30.3 Å². The van der Waals surface area contributed by atoms with Gasteiger partial charge >= 0.3 is 0 Å². The smallest absolute Gasteiger partial charge is 0.236 e. The molecule has 0 spiro atoms. The summed E-state index contributed by atoms with van der Waals surface area (Å²) < 4.78 is 23.2. The molecule has 3 rings (SSSR count). The standard InChI is InChI=1S/C19H26N2O4S/c1-20(17-9-12-26(24,25)14-17)13-18(22)21-10-7-16(8-11-21)19(23)15-5-3-2-4-6-15/h2-6,16-17H,7-14H2,1H3. The topological polar surface area (TPSA) is 74.8 Å². The fourth-order valence-electron chi connectivity index (χ4n) is 3.79. The number of nitrogens with zero attached hydrogens (tertiary/aromatic N) is 2. The Morgan fingerprint density at radius 2 is 1.77 bits per heavy atom. The third-order valence-electron chi connectivity index (χ3n) is 5.49. The number of sulfone groups is 1. The molecule has 2 fully saturated rings. The highest BCUT2D eigenvalue weighted by Crippen LogP contribution is 2.22. The van der Waals surface area contributed by atoms with Gasteiger partial charge in [-0.3, -0.25) is 14.5 Å². The molecule has 2 aliphatic heterocycles. The number of amides is 1. The summed E-state index contributed by atoms with van der Waals surface area (Å²) in [6.07, 6.45) is 1.96. The van der Waals surface area contributed by atoms with Gasteiger partial charge in [-0.2, -0.15) is 0 Å². The number of hydrogen-bond donors (Lipinski definition) is 0. The van der Waals surface area contributed by atoms with Crippen molar-refractivity contribution in [2.45, 2.75) is 25.3 Å². The lowest BCUT2D eigenvalue weighted by molar-refractivity contribution is -0.133. The Bertz CT molecular complexity index is 755. The second-order valence-electron chi connectivity index (χ2n) is 7.36. The van der Waals surface area contributed by atoms with Crippen molar-refractivity contribution in [1.29, 1.82) is 0 Å². The van der Waals surface area contributed by atoms with Gasteiger partial charge in [0.1, 0.15) is 0 Å². The van der Waals surface area contributed by atoms with E-state index in [2.05, 4.69) is 0 Å². The van der Waals surface area contributed by atoms with Gasteiger partial charge in [0.15, 0.2) is 15.6 Å². The van der Waals surface area contributed by atoms with E-state index in [1.807, 2.05) is 42.3 Å². The number of benzene rings is 1. The van der Waals surface area contributed by atoms with Crippen LogP contribution >= 0.6 is 0 Å². The first-order valence-electron chi connectivity index (χ1n) is 9.13. The lowest BCUT2D eigenvalue weighted by Gasteiger charge is -2.33. The molecule has 1 atom stereocenters. The predicted octanol–water partition coefficient (Wildman–Crippen LogP) is 1.23. The van der Waals surface area contributed by atoms with Crippen LogP contribution in [0.2, 0.25) is 0 Å². The Kier molecular flexibility index (Phi) is 5.77. The SMILES string of the molecule is CN(CC(=O)N1CCC(C(=O)c2ccccc2)CC1)C1CCS(=O)(=O)C1. The minimum atomic E-state index is -2.95. The van der Waals surface area contributed by atoms with Crippen molar-refractivity contribution < 1.29 is 18.0 Å². The van der Waals surface area contributed by atoms with Crippen molar-refractivity contribution in [3.8, 4) is 0 Å². The van der Waals surface area contributed by atoms with E-state index in [4.69, 9.17) is 0 Å². The van der Waals surface area contributed by atoms with Crippen molar-refractivity contribution in [1.82, 2.24) is 9.80 Å².